The number of fused-ring (bicyclic) bond motifs is 1. The highest BCUT2D eigenvalue weighted by atomic mass is 35.5. The molecule has 1 aromatic carbocycles. The predicted octanol–water partition coefficient (Wildman–Crippen LogP) is 2.56. The standard InChI is InChI=1S/C7H4ClN3O2S/c1-3-4(8)2-5-6(10-14-9-5)7(3)11(12)13/h2H,1H3. The molecule has 0 fully saturated rings. The molecule has 1 aromatic heterocycles. The third kappa shape index (κ3) is 1.23. The van der Waals surface area contributed by atoms with Crippen molar-refractivity contribution in [2.45, 2.75) is 6.92 Å². The molecule has 2 aromatic rings. The van der Waals surface area contributed by atoms with E-state index in [2.05, 4.69) is 8.75 Å². The molecule has 0 saturated heterocycles. The fourth-order valence-corrected chi connectivity index (χ4v) is 1.92. The van der Waals surface area contributed by atoms with Crippen LogP contribution in [0.1, 0.15) is 5.56 Å². The SMILES string of the molecule is Cc1c(Cl)cc2nsnc2c1[N+](=O)[O-]. The van der Waals surface area contributed by atoms with Crippen LogP contribution in [0.2, 0.25) is 5.02 Å². The molecule has 7 heteroatoms. The summed E-state index contributed by atoms with van der Waals surface area (Å²) in [4.78, 5) is 10.3. The Bertz CT molecular complexity index is 525. The van der Waals surface area contributed by atoms with E-state index < -0.39 is 4.92 Å². The van der Waals surface area contributed by atoms with Gasteiger partial charge in [-0.2, -0.15) is 8.75 Å². The van der Waals surface area contributed by atoms with Gasteiger partial charge >= 0.3 is 5.69 Å². The number of hydrogen-bond acceptors (Lipinski definition) is 5. The van der Waals surface area contributed by atoms with Gasteiger partial charge in [-0.15, -0.1) is 0 Å². The van der Waals surface area contributed by atoms with Gasteiger partial charge in [-0.05, 0) is 13.0 Å². The van der Waals surface area contributed by atoms with E-state index in [1.165, 1.54) is 0 Å². The van der Waals surface area contributed by atoms with Crippen molar-refractivity contribution in [3.8, 4) is 0 Å². The Morgan fingerprint density at radius 2 is 2.29 bits per heavy atom. The highest BCUT2D eigenvalue weighted by molar-refractivity contribution is 7.00. The van der Waals surface area contributed by atoms with E-state index in [1.807, 2.05) is 0 Å². The number of nitro groups is 1. The predicted molar refractivity (Wildman–Crippen MR) is 53.8 cm³/mol. The molecule has 0 N–H and O–H groups in total. The Morgan fingerprint density at radius 1 is 1.57 bits per heavy atom. The molecule has 0 aliphatic heterocycles. The molecule has 2 rings (SSSR count). The van der Waals surface area contributed by atoms with Gasteiger partial charge in [0.2, 0.25) is 0 Å². The zero-order valence-corrected chi connectivity index (χ0v) is 8.59. The first kappa shape index (κ1) is 9.29. The first-order valence-electron chi connectivity index (χ1n) is 3.67. The number of hydrogen-bond donors (Lipinski definition) is 0. The number of nitro benzene ring substituents is 1. The van der Waals surface area contributed by atoms with Gasteiger partial charge in [0.05, 0.1) is 21.7 Å². The van der Waals surface area contributed by atoms with E-state index in [-0.39, 0.29) is 5.69 Å². The Hall–Kier alpha value is -1.27. The van der Waals surface area contributed by atoms with Gasteiger partial charge in [0.25, 0.3) is 0 Å². The lowest BCUT2D eigenvalue weighted by Gasteiger charge is -1.98. The number of rotatable bonds is 1. The van der Waals surface area contributed by atoms with Gasteiger partial charge < -0.3 is 0 Å². The van der Waals surface area contributed by atoms with Gasteiger partial charge in [-0.3, -0.25) is 10.1 Å². The van der Waals surface area contributed by atoms with Crippen molar-refractivity contribution in [2.24, 2.45) is 0 Å². The van der Waals surface area contributed by atoms with Crippen molar-refractivity contribution in [3.63, 3.8) is 0 Å². The van der Waals surface area contributed by atoms with Crippen LogP contribution < -0.4 is 0 Å². The molecule has 14 heavy (non-hydrogen) atoms. The van der Waals surface area contributed by atoms with Crippen LogP contribution >= 0.6 is 23.3 Å². The maximum absolute atomic E-state index is 10.8. The minimum Gasteiger partial charge on any atom is -0.258 e. The smallest absolute Gasteiger partial charge is 0.258 e. The summed E-state index contributed by atoms with van der Waals surface area (Å²) in [6, 6.07) is 1.59. The highest BCUT2D eigenvalue weighted by Crippen LogP contribution is 2.32. The summed E-state index contributed by atoms with van der Waals surface area (Å²) in [5.41, 5.74) is 1.15. The van der Waals surface area contributed by atoms with Crippen LogP contribution in [0.5, 0.6) is 0 Å². The number of aromatic nitrogens is 2. The Labute approximate surface area is 87.8 Å². The molecule has 0 radical (unpaired) electrons. The summed E-state index contributed by atoms with van der Waals surface area (Å²) in [6.45, 7) is 1.60. The second-order valence-corrected chi connectivity index (χ2v) is 3.66. The van der Waals surface area contributed by atoms with Crippen LogP contribution in [-0.4, -0.2) is 13.7 Å². The maximum Gasteiger partial charge on any atom is 0.302 e. The van der Waals surface area contributed by atoms with E-state index in [0.29, 0.717) is 21.6 Å². The third-order valence-corrected chi connectivity index (χ3v) is 2.83. The van der Waals surface area contributed by atoms with Gasteiger partial charge in [-0.1, -0.05) is 11.6 Å². The van der Waals surface area contributed by atoms with Gasteiger partial charge in [0.15, 0.2) is 5.52 Å². The van der Waals surface area contributed by atoms with E-state index in [9.17, 15) is 10.1 Å². The Kier molecular flexibility index (Phi) is 2.09. The van der Waals surface area contributed by atoms with Crippen LogP contribution in [0.15, 0.2) is 6.07 Å². The zero-order chi connectivity index (χ0) is 10.3. The summed E-state index contributed by atoms with van der Waals surface area (Å²) >= 11 is 6.76. The summed E-state index contributed by atoms with van der Waals surface area (Å²) < 4.78 is 7.78. The first-order chi connectivity index (χ1) is 6.61. The molecule has 0 saturated carbocycles. The third-order valence-electron chi connectivity index (χ3n) is 1.90. The fourth-order valence-electron chi connectivity index (χ4n) is 1.20. The van der Waals surface area contributed by atoms with Crippen molar-refractivity contribution in [1.82, 2.24) is 8.75 Å². The van der Waals surface area contributed by atoms with Crippen LogP contribution in [0.25, 0.3) is 11.0 Å². The van der Waals surface area contributed by atoms with Crippen molar-refractivity contribution >= 4 is 40.0 Å². The lowest BCUT2D eigenvalue weighted by atomic mass is 10.2. The largest absolute Gasteiger partial charge is 0.302 e. The van der Waals surface area contributed by atoms with E-state index in [4.69, 9.17) is 11.6 Å². The Morgan fingerprint density at radius 3 is 2.93 bits per heavy atom. The van der Waals surface area contributed by atoms with Crippen molar-refractivity contribution < 1.29 is 4.92 Å². The normalized spacial score (nSPS) is 10.7. The molecular weight excluding hydrogens is 226 g/mol. The van der Waals surface area contributed by atoms with Gasteiger partial charge in [0, 0.05) is 5.56 Å². The van der Waals surface area contributed by atoms with E-state index in [1.54, 1.807) is 13.0 Å². The monoisotopic (exact) mass is 229 g/mol. The number of benzene rings is 1. The zero-order valence-electron chi connectivity index (χ0n) is 7.02. The summed E-state index contributed by atoms with van der Waals surface area (Å²) in [5, 5.41) is 11.1. The summed E-state index contributed by atoms with van der Waals surface area (Å²) in [5.74, 6) is 0. The average Bonchev–Trinajstić information content (AvgIpc) is 2.52. The molecule has 0 bridgehead atoms. The molecule has 0 aliphatic rings. The first-order valence-corrected chi connectivity index (χ1v) is 4.78. The molecule has 0 atom stereocenters. The minimum atomic E-state index is -0.481. The molecule has 72 valence electrons. The average molecular weight is 230 g/mol. The number of halogens is 1. The van der Waals surface area contributed by atoms with Crippen LogP contribution in [0.4, 0.5) is 5.69 Å². The highest BCUT2D eigenvalue weighted by Gasteiger charge is 2.21. The summed E-state index contributed by atoms with van der Waals surface area (Å²) in [6.07, 6.45) is 0. The molecule has 0 spiro atoms. The molecule has 5 nitrogen and oxygen atoms in total. The molecule has 0 unspecified atom stereocenters. The van der Waals surface area contributed by atoms with Crippen LogP contribution in [-0.2, 0) is 0 Å². The second kappa shape index (κ2) is 3.14. The summed E-state index contributed by atoms with van der Waals surface area (Å²) in [7, 11) is 0. The molecule has 0 aliphatic carbocycles. The quantitative estimate of drug-likeness (QED) is 0.557. The van der Waals surface area contributed by atoms with Crippen molar-refractivity contribution in [2.75, 3.05) is 0 Å². The van der Waals surface area contributed by atoms with E-state index in [0.717, 1.165) is 11.7 Å². The molecular formula is C7H4ClN3O2S. The topological polar surface area (TPSA) is 68.9 Å². The van der Waals surface area contributed by atoms with Gasteiger partial charge in [-0.25, -0.2) is 0 Å². The maximum atomic E-state index is 10.8. The van der Waals surface area contributed by atoms with Crippen molar-refractivity contribution in [3.05, 3.63) is 26.8 Å². The Balaban J connectivity index is 2.93. The van der Waals surface area contributed by atoms with Crippen LogP contribution in [0, 0.1) is 17.0 Å². The van der Waals surface area contributed by atoms with Crippen LogP contribution in [0.3, 0.4) is 0 Å². The van der Waals surface area contributed by atoms with Crippen molar-refractivity contribution in [1.29, 1.82) is 0 Å². The lowest BCUT2D eigenvalue weighted by Crippen LogP contribution is -1.93. The lowest BCUT2D eigenvalue weighted by molar-refractivity contribution is -0.383. The fraction of sp³-hybridized carbons (Fsp3) is 0.143. The molecule has 1 heterocycles. The van der Waals surface area contributed by atoms with Gasteiger partial charge in [0.1, 0.15) is 5.52 Å². The molecule has 0 amide bonds. The minimum absolute atomic E-state index is 0.0544. The second-order valence-electron chi connectivity index (χ2n) is 2.72. The number of nitrogens with zero attached hydrogens (tertiary/aromatic N) is 3. The van der Waals surface area contributed by atoms with E-state index >= 15 is 0 Å².